The van der Waals surface area contributed by atoms with Gasteiger partial charge in [-0.3, -0.25) is 4.79 Å². The molecule has 1 aliphatic rings. The highest BCUT2D eigenvalue weighted by Crippen LogP contribution is 2.33. The van der Waals surface area contributed by atoms with Crippen molar-refractivity contribution in [2.75, 3.05) is 23.4 Å². The first-order chi connectivity index (χ1) is 13.2. The second-order valence-corrected chi connectivity index (χ2v) is 6.74. The van der Waals surface area contributed by atoms with Crippen LogP contribution >= 0.6 is 11.3 Å². The molecule has 4 rings (SSSR count). The van der Waals surface area contributed by atoms with Crippen molar-refractivity contribution in [2.24, 2.45) is 0 Å². The number of rotatable bonds is 4. The Morgan fingerprint density at radius 2 is 1.89 bits per heavy atom. The van der Waals surface area contributed by atoms with E-state index in [4.69, 9.17) is 9.47 Å². The SMILES string of the molecule is O=CN(C(=O)Nc1ccc2c(c1)OCCO2)c1cccc(-c2cccs2)c1. The molecule has 3 aromatic rings. The van der Waals surface area contributed by atoms with Crippen molar-refractivity contribution in [2.45, 2.75) is 0 Å². The summed E-state index contributed by atoms with van der Waals surface area (Å²) in [6.07, 6.45) is 0.501. The summed E-state index contributed by atoms with van der Waals surface area (Å²) < 4.78 is 11.0. The number of hydrogen-bond acceptors (Lipinski definition) is 5. The van der Waals surface area contributed by atoms with Crippen molar-refractivity contribution in [3.05, 3.63) is 60.0 Å². The van der Waals surface area contributed by atoms with Crippen LogP contribution in [0.2, 0.25) is 0 Å². The molecule has 3 amide bonds. The van der Waals surface area contributed by atoms with Crippen molar-refractivity contribution in [1.82, 2.24) is 0 Å². The molecule has 6 nitrogen and oxygen atoms in total. The molecule has 0 radical (unpaired) electrons. The Morgan fingerprint density at radius 3 is 2.67 bits per heavy atom. The summed E-state index contributed by atoms with van der Waals surface area (Å²) in [5, 5.41) is 4.70. The molecule has 2 aromatic carbocycles. The summed E-state index contributed by atoms with van der Waals surface area (Å²) in [5.41, 5.74) is 1.96. The van der Waals surface area contributed by atoms with E-state index in [0.29, 0.717) is 42.5 Å². The predicted octanol–water partition coefficient (Wildman–Crippen LogP) is 4.38. The number of imide groups is 1. The van der Waals surface area contributed by atoms with Gasteiger partial charge in [-0.2, -0.15) is 0 Å². The molecule has 0 aliphatic carbocycles. The van der Waals surface area contributed by atoms with Crippen LogP contribution < -0.4 is 19.7 Å². The molecule has 1 aliphatic heterocycles. The summed E-state index contributed by atoms with van der Waals surface area (Å²) in [7, 11) is 0. The van der Waals surface area contributed by atoms with E-state index in [-0.39, 0.29) is 0 Å². The van der Waals surface area contributed by atoms with Crippen molar-refractivity contribution >= 4 is 35.2 Å². The number of nitrogens with one attached hydrogen (secondary N) is 1. The van der Waals surface area contributed by atoms with Gasteiger partial charge in [-0.15, -0.1) is 11.3 Å². The molecular weight excluding hydrogens is 364 g/mol. The van der Waals surface area contributed by atoms with Gasteiger partial charge >= 0.3 is 6.03 Å². The van der Waals surface area contributed by atoms with E-state index < -0.39 is 6.03 Å². The van der Waals surface area contributed by atoms with Crippen molar-refractivity contribution in [3.63, 3.8) is 0 Å². The molecule has 1 N–H and O–H groups in total. The Kier molecular flexibility index (Phi) is 4.76. The molecule has 1 aromatic heterocycles. The monoisotopic (exact) mass is 380 g/mol. The van der Waals surface area contributed by atoms with Crippen LogP contribution in [0, 0.1) is 0 Å². The molecule has 27 heavy (non-hydrogen) atoms. The van der Waals surface area contributed by atoms with E-state index >= 15 is 0 Å². The average molecular weight is 380 g/mol. The second-order valence-electron chi connectivity index (χ2n) is 5.79. The summed E-state index contributed by atoms with van der Waals surface area (Å²) in [4.78, 5) is 26.3. The molecule has 0 spiro atoms. The standard InChI is InChI=1S/C20H16N2O4S/c23-13-22(16-4-1-3-14(11-16)19-5-2-10-27-19)20(24)21-15-6-7-17-18(12-15)26-9-8-25-17/h1-7,10-13H,8-9H2,(H,21,24). The molecule has 0 saturated carbocycles. The third-order valence-corrected chi connectivity index (χ3v) is 4.97. The maximum absolute atomic E-state index is 12.6. The fourth-order valence-electron chi connectivity index (χ4n) is 2.78. The molecule has 0 fully saturated rings. The number of nitrogens with zero attached hydrogens (tertiary/aromatic N) is 1. The first-order valence-electron chi connectivity index (χ1n) is 8.34. The number of ether oxygens (including phenoxy) is 2. The Hall–Kier alpha value is -3.32. The Bertz CT molecular complexity index is 972. The van der Waals surface area contributed by atoms with Gasteiger partial charge in [-0.1, -0.05) is 18.2 Å². The number of benzene rings is 2. The zero-order chi connectivity index (χ0) is 18.6. The predicted molar refractivity (Wildman–Crippen MR) is 105 cm³/mol. The highest BCUT2D eigenvalue weighted by atomic mass is 32.1. The average Bonchev–Trinajstić information content (AvgIpc) is 3.24. The van der Waals surface area contributed by atoms with Gasteiger partial charge in [0.25, 0.3) is 0 Å². The minimum atomic E-state index is -0.551. The molecule has 2 heterocycles. The van der Waals surface area contributed by atoms with Gasteiger partial charge < -0.3 is 14.8 Å². The van der Waals surface area contributed by atoms with Crippen LogP contribution in [-0.4, -0.2) is 25.7 Å². The second kappa shape index (κ2) is 7.51. The van der Waals surface area contributed by atoms with Gasteiger partial charge in [-0.25, -0.2) is 9.69 Å². The van der Waals surface area contributed by atoms with Crippen molar-refractivity contribution in [1.29, 1.82) is 0 Å². The van der Waals surface area contributed by atoms with E-state index in [9.17, 15) is 9.59 Å². The van der Waals surface area contributed by atoms with E-state index in [1.54, 1.807) is 35.6 Å². The minimum absolute atomic E-state index is 0.459. The first-order valence-corrected chi connectivity index (χ1v) is 9.22. The number of urea groups is 1. The van der Waals surface area contributed by atoms with Gasteiger partial charge in [-0.05, 0) is 41.3 Å². The van der Waals surface area contributed by atoms with E-state index in [0.717, 1.165) is 15.3 Å². The third-order valence-electron chi connectivity index (χ3n) is 4.05. The van der Waals surface area contributed by atoms with E-state index in [2.05, 4.69) is 5.32 Å². The molecule has 0 saturated heterocycles. The normalized spacial score (nSPS) is 12.3. The molecule has 0 atom stereocenters. The number of hydrogen-bond donors (Lipinski definition) is 1. The van der Waals surface area contributed by atoms with Gasteiger partial charge in [0.2, 0.25) is 6.41 Å². The largest absolute Gasteiger partial charge is 0.486 e. The Morgan fingerprint density at radius 1 is 1.04 bits per heavy atom. The van der Waals surface area contributed by atoms with Crippen LogP contribution in [0.3, 0.4) is 0 Å². The van der Waals surface area contributed by atoms with Crippen molar-refractivity contribution < 1.29 is 19.1 Å². The summed E-state index contributed by atoms with van der Waals surface area (Å²) in [6.45, 7) is 0.957. The Labute approximate surface area is 159 Å². The molecule has 0 unspecified atom stereocenters. The summed E-state index contributed by atoms with van der Waals surface area (Å²) >= 11 is 1.59. The topological polar surface area (TPSA) is 67.9 Å². The van der Waals surface area contributed by atoms with Crippen LogP contribution in [0.15, 0.2) is 60.0 Å². The van der Waals surface area contributed by atoms with E-state index in [1.165, 1.54) is 0 Å². The fraction of sp³-hybridized carbons (Fsp3) is 0.100. The van der Waals surface area contributed by atoms with Gasteiger partial charge in [0, 0.05) is 16.6 Å². The van der Waals surface area contributed by atoms with Crippen LogP contribution in [-0.2, 0) is 4.79 Å². The molecule has 7 heteroatoms. The highest BCUT2D eigenvalue weighted by Gasteiger charge is 2.18. The van der Waals surface area contributed by atoms with Gasteiger partial charge in [0.05, 0.1) is 5.69 Å². The smallest absolute Gasteiger partial charge is 0.332 e. The van der Waals surface area contributed by atoms with Crippen molar-refractivity contribution in [3.8, 4) is 21.9 Å². The fourth-order valence-corrected chi connectivity index (χ4v) is 3.51. The van der Waals surface area contributed by atoms with Crippen LogP contribution in [0.4, 0.5) is 16.2 Å². The first kappa shape index (κ1) is 17.1. The lowest BCUT2D eigenvalue weighted by Gasteiger charge is -2.20. The van der Waals surface area contributed by atoms with E-state index in [1.807, 2.05) is 35.7 Å². The molecular formula is C20H16N2O4S. The lowest BCUT2D eigenvalue weighted by atomic mass is 10.1. The maximum Gasteiger partial charge on any atom is 0.332 e. The number of carbonyl (C=O) groups excluding carboxylic acids is 2. The van der Waals surface area contributed by atoms with Crippen LogP contribution in [0.5, 0.6) is 11.5 Å². The zero-order valence-electron chi connectivity index (χ0n) is 14.3. The Balaban J connectivity index is 1.55. The lowest BCUT2D eigenvalue weighted by Crippen LogP contribution is -2.33. The third kappa shape index (κ3) is 3.63. The highest BCUT2D eigenvalue weighted by molar-refractivity contribution is 7.13. The maximum atomic E-state index is 12.6. The number of anilines is 2. The molecule has 0 bridgehead atoms. The number of fused-ring (bicyclic) bond motifs is 1. The quantitative estimate of drug-likeness (QED) is 0.682. The van der Waals surface area contributed by atoms with Crippen LogP contribution in [0.1, 0.15) is 0 Å². The molecule has 136 valence electrons. The number of thiophene rings is 1. The summed E-state index contributed by atoms with van der Waals surface area (Å²) in [6, 6.07) is 15.8. The zero-order valence-corrected chi connectivity index (χ0v) is 15.1. The van der Waals surface area contributed by atoms with Gasteiger partial charge in [0.1, 0.15) is 13.2 Å². The number of amides is 3. The lowest BCUT2D eigenvalue weighted by molar-refractivity contribution is -0.106. The van der Waals surface area contributed by atoms with Crippen LogP contribution in [0.25, 0.3) is 10.4 Å². The summed E-state index contributed by atoms with van der Waals surface area (Å²) in [5.74, 6) is 1.20. The number of carbonyl (C=O) groups is 2. The van der Waals surface area contributed by atoms with Gasteiger partial charge in [0.15, 0.2) is 11.5 Å². The minimum Gasteiger partial charge on any atom is -0.486 e.